The molecule has 0 spiro atoms. The van der Waals surface area contributed by atoms with Crippen molar-refractivity contribution in [2.75, 3.05) is 26.2 Å². The van der Waals surface area contributed by atoms with Gasteiger partial charge in [-0.1, -0.05) is 20.8 Å². The first-order valence-electron chi connectivity index (χ1n) is 9.98. The number of carbonyl (C=O) groups excluding carboxylic acids is 1. The van der Waals surface area contributed by atoms with Crippen molar-refractivity contribution in [3.8, 4) is 0 Å². The predicted molar refractivity (Wildman–Crippen MR) is 107 cm³/mol. The molecule has 1 amide bonds. The van der Waals surface area contributed by atoms with Crippen molar-refractivity contribution in [3.63, 3.8) is 0 Å². The predicted octanol–water partition coefficient (Wildman–Crippen LogP) is 4.26. The smallest absolute Gasteiger partial charge is 0.227 e. The maximum atomic E-state index is 12.8. The Morgan fingerprint density at radius 3 is 2.69 bits per heavy atom. The Labute approximate surface area is 156 Å². The monoisotopic (exact) mass is 356 g/mol. The zero-order valence-electron chi connectivity index (χ0n) is 16.6. The van der Waals surface area contributed by atoms with Crippen LogP contribution in [-0.4, -0.2) is 37.0 Å². The first kappa shape index (κ1) is 19.0. The van der Waals surface area contributed by atoms with E-state index in [2.05, 4.69) is 45.1 Å². The highest BCUT2D eigenvalue weighted by Crippen LogP contribution is 2.29. The van der Waals surface area contributed by atoms with Gasteiger partial charge in [-0.15, -0.1) is 0 Å². The van der Waals surface area contributed by atoms with Crippen LogP contribution in [0.3, 0.4) is 0 Å². The van der Waals surface area contributed by atoms with Crippen molar-refractivity contribution in [2.24, 2.45) is 5.92 Å². The summed E-state index contributed by atoms with van der Waals surface area (Å²) in [5.41, 5.74) is 4.49. The van der Waals surface area contributed by atoms with E-state index >= 15 is 0 Å². The molecule has 142 valence electrons. The maximum absolute atomic E-state index is 12.8. The lowest BCUT2D eigenvalue weighted by atomic mass is 9.94. The van der Waals surface area contributed by atoms with Crippen LogP contribution in [0.1, 0.15) is 56.2 Å². The first-order valence-corrected chi connectivity index (χ1v) is 9.98. The van der Waals surface area contributed by atoms with Crippen molar-refractivity contribution >= 4 is 16.9 Å². The fourth-order valence-electron chi connectivity index (χ4n) is 4.01. The number of rotatable bonds is 6. The molecule has 0 saturated carbocycles. The number of hydrogen-bond acceptors (Lipinski definition) is 3. The number of piperidine rings is 1. The number of likely N-dealkylation sites (tertiary alicyclic amines) is 1. The van der Waals surface area contributed by atoms with E-state index in [0.717, 1.165) is 55.6 Å². The van der Waals surface area contributed by atoms with Crippen LogP contribution in [0.15, 0.2) is 22.8 Å². The maximum Gasteiger partial charge on any atom is 0.227 e. The molecule has 4 heteroatoms. The van der Waals surface area contributed by atoms with Crippen molar-refractivity contribution in [2.45, 2.75) is 52.9 Å². The Balaban J connectivity index is 1.67. The van der Waals surface area contributed by atoms with Crippen molar-refractivity contribution in [3.05, 3.63) is 35.1 Å². The van der Waals surface area contributed by atoms with Crippen LogP contribution < -0.4 is 5.32 Å². The second-order valence-electron chi connectivity index (χ2n) is 7.93. The summed E-state index contributed by atoms with van der Waals surface area (Å²) in [6.45, 7) is 12.5. The third-order valence-corrected chi connectivity index (χ3v) is 5.66. The topological polar surface area (TPSA) is 45.5 Å². The Morgan fingerprint density at radius 2 is 2.04 bits per heavy atom. The SMILES string of the molecule is CCNCC1CCN(C(=O)Cc2coc3cc(C)c(C(C)C)cc23)CC1. The molecular weight excluding hydrogens is 324 g/mol. The van der Waals surface area contributed by atoms with Gasteiger partial charge in [0.15, 0.2) is 0 Å². The number of aryl methyl sites for hydroxylation is 1. The Hall–Kier alpha value is -1.81. The van der Waals surface area contributed by atoms with Gasteiger partial charge in [-0.3, -0.25) is 4.79 Å². The Kier molecular flexibility index (Phi) is 6.02. The second kappa shape index (κ2) is 8.26. The molecule has 1 aromatic heterocycles. The molecule has 0 bridgehead atoms. The highest BCUT2D eigenvalue weighted by Gasteiger charge is 2.23. The van der Waals surface area contributed by atoms with Gasteiger partial charge in [0.25, 0.3) is 0 Å². The minimum Gasteiger partial charge on any atom is -0.464 e. The number of amides is 1. The average molecular weight is 357 g/mol. The van der Waals surface area contributed by atoms with E-state index < -0.39 is 0 Å². The lowest BCUT2D eigenvalue weighted by molar-refractivity contribution is -0.131. The van der Waals surface area contributed by atoms with Gasteiger partial charge in [0.2, 0.25) is 5.91 Å². The summed E-state index contributed by atoms with van der Waals surface area (Å²) in [6, 6.07) is 4.31. The van der Waals surface area contributed by atoms with Crippen LogP contribution in [0, 0.1) is 12.8 Å². The fraction of sp³-hybridized carbons (Fsp3) is 0.591. The molecular formula is C22H32N2O2. The molecule has 4 nitrogen and oxygen atoms in total. The van der Waals surface area contributed by atoms with Crippen LogP contribution in [-0.2, 0) is 11.2 Å². The highest BCUT2D eigenvalue weighted by atomic mass is 16.3. The standard InChI is InChI=1S/C22H32N2O2/c1-5-23-13-17-6-8-24(9-7-17)22(25)11-18-14-26-21-10-16(4)19(15(2)3)12-20(18)21/h10,12,14-15,17,23H,5-9,11,13H2,1-4H3. The van der Waals surface area contributed by atoms with E-state index in [1.54, 1.807) is 6.26 Å². The zero-order chi connectivity index (χ0) is 18.7. The number of carbonyl (C=O) groups is 1. The quantitative estimate of drug-likeness (QED) is 0.841. The lowest BCUT2D eigenvalue weighted by Crippen LogP contribution is -2.41. The van der Waals surface area contributed by atoms with E-state index in [4.69, 9.17) is 4.42 Å². The van der Waals surface area contributed by atoms with E-state index in [1.165, 1.54) is 11.1 Å². The third-order valence-electron chi connectivity index (χ3n) is 5.66. The Morgan fingerprint density at radius 1 is 1.31 bits per heavy atom. The molecule has 1 N–H and O–H groups in total. The van der Waals surface area contributed by atoms with E-state index in [-0.39, 0.29) is 5.91 Å². The summed E-state index contributed by atoms with van der Waals surface area (Å²) in [4.78, 5) is 14.8. The summed E-state index contributed by atoms with van der Waals surface area (Å²) in [7, 11) is 0. The number of nitrogens with one attached hydrogen (secondary N) is 1. The lowest BCUT2D eigenvalue weighted by Gasteiger charge is -2.32. The van der Waals surface area contributed by atoms with Crippen LogP contribution in [0.2, 0.25) is 0 Å². The molecule has 1 aromatic carbocycles. The molecule has 2 aromatic rings. The molecule has 1 aliphatic rings. The number of benzene rings is 1. The van der Waals surface area contributed by atoms with E-state index in [1.807, 2.05) is 4.90 Å². The highest BCUT2D eigenvalue weighted by molar-refractivity contribution is 5.88. The van der Waals surface area contributed by atoms with Crippen molar-refractivity contribution in [1.29, 1.82) is 0 Å². The van der Waals surface area contributed by atoms with Crippen LogP contribution in [0.25, 0.3) is 11.0 Å². The van der Waals surface area contributed by atoms with Crippen LogP contribution >= 0.6 is 0 Å². The minimum absolute atomic E-state index is 0.223. The Bertz CT molecular complexity index is 755. The van der Waals surface area contributed by atoms with Crippen LogP contribution in [0.5, 0.6) is 0 Å². The summed E-state index contributed by atoms with van der Waals surface area (Å²) in [6.07, 6.45) is 4.40. The molecule has 26 heavy (non-hydrogen) atoms. The van der Waals surface area contributed by atoms with Gasteiger partial charge in [0.05, 0.1) is 12.7 Å². The van der Waals surface area contributed by atoms with Gasteiger partial charge in [0.1, 0.15) is 5.58 Å². The van der Waals surface area contributed by atoms with Gasteiger partial charge >= 0.3 is 0 Å². The molecule has 0 atom stereocenters. The molecule has 0 radical (unpaired) electrons. The molecule has 2 heterocycles. The van der Waals surface area contributed by atoms with Gasteiger partial charge in [-0.2, -0.15) is 0 Å². The summed E-state index contributed by atoms with van der Waals surface area (Å²) in [5.74, 6) is 1.39. The van der Waals surface area contributed by atoms with Gasteiger partial charge in [-0.25, -0.2) is 0 Å². The van der Waals surface area contributed by atoms with Gasteiger partial charge < -0.3 is 14.6 Å². The largest absolute Gasteiger partial charge is 0.464 e. The van der Waals surface area contributed by atoms with Crippen LogP contribution in [0.4, 0.5) is 0 Å². The molecule has 3 rings (SSSR count). The zero-order valence-corrected chi connectivity index (χ0v) is 16.6. The molecule has 0 unspecified atom stereocenters. The first-order chi connectivity index (χ1) is 12.5. The summed E-state index contributed by atoms with van der Waals surface area (Å²) < 4.78 is 5.74. The van der Waals surface area contributed by atoms with Gasteiger partial charge in [0, 0.05) is 24.0 Å². The summed E-state index contributed by atoms with van der Waals surface area (Å²) >= 11 is 0. The second-order valence-corrected chi connectivity index (χ2v) is 7.93. The number of nitrogens with zero attached hydrogens (tertiary/aromatic N) is 1. The average Bonchev–Trinajstić information content (AvgIpc) is 3.01. The fourth-order valence-corrected chi connectivity index (χ4v) is 4.01. The van der Waals surface area contributed by atoms with Crippen molar-refractivity contribution < 1.29 is 9.21 Å². The number of hydrogen-bond donors (Lipinski definition) is 1. The molecule has 1 fully saturated rings. The van der Waals surface area contributed by atoms with Gasteiger partial charge in [-0.05, 0) is 68.0 Å². The minimum atomic E-state index is 0.223. The normalized spacial score (nSPS) is 16.0. The number of fused-ring (bicyclic) bond motifs is 1. The van der Waals surface area contributed by atoms with E-state index in [0.29, 0.717) is 18.3 Å². The third kappa shape index (κ3) is 4.12. The number of furan rings is 1. The van der Waals surface area contributed by atoms with E-state index in [9.17, 15) is 4.79 Å². The molecule has 1 saturated heterocycles. The summed E-state index contributed by atoms with van der Waals surface area (Å²) in [5, 5.41) is 4.51. The molecule has 1 aliphatic heterocycles. The molecule has 0 aliphatic carbocycles. The van der Waals surface area contributed by atoms with Crippen molar-refractivity contribution in [1.82, 2.24) is 10.2 Å².